The first-order valence-electron chi connectivity index (χ1n) is 6.57. The molecule has 17 heavy (non-hydrogen) atoms. The number of aromatic nitrogens is 4. The number of rotatable bonds is 7. The summed E-state index contributed by atoms with van der Waals surface area (Å²) in [6.07, 6.45) is 2.32. The fourth-order valence-electron chi connectivity index (χ4n) is 1.89. The maximum absolute atomic E-state index is 4.12. The Kier molecular flexibility index (Phi) is 5.55. The molecule has 1 rings (SSSR count). The van der Waals surface area contributed by atoms with Crippen LogP contribution in [0, 0.1) is 5.92 Å². The first-order valence-corrected chi connectivity index (χ1v) is 6.57. The van der Waals surface area contributed by atoms with Crippen molar-refractivity contribution >= 4 is 0 Å². The molecule has 1 N–H and O–H groups in total. The molecular weight excluding hydrogens is 214 g/mol. The molecule has 0 fully saturated rings. The van der Waals surface area contributed by atoms with E-state index in [0.29, 0.717) is 6.04 Å². The Morgan fingerprint density at radius 3 is 2.47 bits per heavy atom. The van der Waals surface area contributed by atoms with Crippen LogP contribution in [0.2, 0.25) is 0 Å². The molecule has 0 saturated heterocycles. The fourth-order valence-corrected chi connectivity index (χ4v) is 1.89. The number of tetrazole rings is 1. The Labute approximate surface area is 104 Å². The van der Waals surface area contributed by atoms with Crippen molar-refractivity contribution in [2.24, 2.45) is 5.92 Å². The summed E-state index contributed by atoms with van der Waals surface area (Å²) in [5.41, 5.74) is 0. The van der Waals surface area contributed by atoms with E-state index in [-0.39, 0.29) is 6.04 Å². The second-order valence-corrected chi connectivity index (χ2v) is 5.08. The largest absolute Gasteiger partial charge is 0.308 e. The van der Waals surface area contributed by atoms with Crippen LogP contribution in [0.3, 0.4) is 0 Å². The average molecular weight is 239 g/mol. The van der Waals surface area contributed by atoms with Crippen molar-refractivity contribution in [3.8, 4) is 0 Å². The summed E-state index contributed by atoms with van der Waals surface area (Å²) in [6, 6.07) is 0.569. The lowest BCUT2D eigenvalue weighted by Gasteiger charge is -2.17. The summed E-state index contributed by atoms with van der Waals surface area (Å²) < 4.78 is 1.95. The van der Waals surface area contributed by atoms with Crippen molar-refractivity contribution in [2.75, 3.05) is 6.54 Å². The van der Waals surface area contributed by atoms with Gasteiger partial charge in [-0.2, -0.15) is 0 Å². The van der Waals surface area contributed by atoms with Crippen LogP contribution < -0.4 is 5.32 Å². The van der Waals surface area contributed by atoms with Gasteiger partial charge in [0.05, 0.1) is 12.1 Å². The summed E-state index contributed by atoms with van der Waals surface area (Å²) >= 11 is 0. The highest BCUT2D eigenvalue weighted by Gasteiger charge is 2.17. The Morgan fingerprint density at radius 2 is 1.88 bits per heavy atom. The van der Waals surface area contributed by atoms with Crippen LogP contribution in [0.4, 0.5) is 0 Å². The lowest BCUT2D eigenvalue weighted by atomic mass is 10.0. The van der Waals surface area contributed by atoms with Gasteiger partial charge in [-0.25, -0.2) is 4.68 Å². The third kappa shape index (κ3) is 4.07. The molecule has 1 aromatic heterocycles. The first kappa shape index (κ1) is 14.1. The van der Waals surface area contributed by atoms with Crippen molar-refractivity contribution in [3.63, 3.8) is 0 Å². The molecule has 0 saturated carbocycles. The summed E-state index contributed by atoms with van der Waals surface area (Å²) in [5, 5.41) is 15.4. The molecule has 5 heteroatoms. The van der Waals surface area contributed by atoms with Gasteiger partial charge in [0.25, 0.3) is 0 Å². The molecule has 5 nitrogen and oxygen atoms in total. The molecule has 0 amide bonds. The van der Waals surface area contributed by atoms with Gasteiger partial charge in [0.1, 0.15) is 0 Å². The zero-order chi connectivity index (χ0) is 12.8. The van der Waals surface area contributed by atoms with Gasteiger partial charge in [0.2, 0.25) is 0 Å². The monoisotopic (exact) mass is 239 g/mol. The van der Waals surface area contributed by atoms with E-state index in [4.69, 9.17) is 0 Å². The number of nitrogens with one attached hydrogen (secondary N) is 1. The maximum Gasteiger partial charge on any atom is 0.168 e. The van der Waals surface area contributed by atoms with E-state index in [1.54, 1.807) is 0 Å². The Bertz CT molecular complexity index is 320. The van der Waals surface area contributed by atoms with Gasteiger partial charge in [0.15, 0.2) is 5.82 Å². The smallest absolute Gasteiger partial charge is 0.168 e. The van der Waals surface area contributed by atoms with E-state index >= 15 is 0 Å². The third-order valence-corrected chi connectivity index (χ3v) is 3.00. The highest BCUT2D eigenvalue weighted by Crippen LogP contribution is 2.19. The second-order valence-electron chi connectivity index (χ2n) is 5.08. The minimum absolute atomic E-state index is 0.205. The predicted octanol–water partition coefficient (Wildman–Crippen LogP) is 2.34. The highest BCUT2D eigenvalue weighted by atomic mass is 15.6. The molecule has 2 atom stereocenters. The van der Waals surface area contributed by atoms with Gasteiger partial charge < -0.3 is 5.32 Å². The second kappa shape index (κ2) is 6.69. The summed E-state index contributed by atoms with van der Waals surface area (Å²) in [4.78, 5) is 0. The Hall–Kier alpha value is -0.970. The first-order chi connectivity index (χ1) is 8.06. The Balaban J connectivity index is 2.66. The molecule has 0 aliphatic rings. The maximum atomic E-state index is 4.12. The zero-order valence-electron chi connectivity index (χ0n) is 11.6. The quantitative estimate of drug-likeness (QED) is 0.793. The molecule has 0 aliphatic carbocycles. The van der Waals surface area contributed by atoms with Crippen LogP contribution in [0.25, 0.3) is 0 Å². The summed E-state index contributed by atoms with van der Waals surface area (Å²) in [5.74, 6) is 1.66. The van der Waals surface area contributed by atoms with Crippen molar-refractivity contribution in [2.45, 2.75) is 59.5 Å². The van der Waals surface area contributed by atoms with E-state index in [2.05, 4.69) is 55.5 Å². The van der Waals surface area contributed by atoms with E-state index in [9.17, 15) is 0 Å². The minimum Gasteiger partial charge on any atom is -0.308 e. The Morgan fingerprint density at radius 1 is 1.18 bits per heavy atom. The molecular formula is C12H25N5. The SMILES string of the molecule is CCNC(C)c1nnnn1C(C)CCC(C)C. The lowest BCUT2D eigenvalue weighted by molar-refractivity contribution is 0.380. The van der Waals surface area contributed by atoms with Crippen LogP contribution in [0.1, 0.15) is 65.4 Å². The molecule has 0 aliphatic heterocycles. The minimum atomic E-state index is 0.205. The number of hydrogen-bond acceptors (Lipinski definition) is 4. The molecule has 2 unspecified atom stereocenters. The summed E-state index contributed by atoms with van der Waals surface area (Å²) in [6.45, 7) is 11.8. The van der Waals surface area contributed by atoms with Crippen molar-refractivity contribution in [1.82, 2.24) is 25.5 Å². The molecule has 0 spiro atoms. The van der Waals surface area contributed by atoms with Gasteiger partial charge in [-0.15, -0.1) is 5.10 Å². The topological polar surface area (TPSA) is 55.6 Å². The molecule has 1 aromatic rings. The van der Waals surface area contributed by atoms with Crippen molar-refractivity contribution in [1.29, 1.82) is 0 Å². The van der Waals surface area contributed by atoms with E-state index in [1.807, 2.05) is 4.68 Å². The highest BCUT2D eigenvalue weighted by molar-refractivity contribution is 4.91. The average Bonchev–Trinajstić information content (AvgIpc) is 2.75. The lowest BCUT2D eigenvalue weighted by Crippen LogP contribution is -2.23. The molecule has 0 bridgehead atoms. The van der Waals surface area contributed by atoms with Gasteiger partial charge in [0, 0.05) is 0 Å². The number of hydrogen-bond donors (Lipinski definition) is 1. The van der Waals surface area contributed by atoms with E-state index in [0.717, 1.165) is 24.7 Å². The van der Waals surface area contributed by atoms with Gasteiger partial charge in [-0.05, 0) is 49.6 Å². The van der Waals surface area contributed by atoms with Gasteiger partial charge in [-0.1, -0.05) is 20.8 Å². The van der Waals surface area contributed by atoms with Crippen LogP contribution in [0.15, 0.2) is 0 Å². The van der Waals surface area contributed by atoms with Crippen LogP contribution in [0.5, 0.6) is 0 Å². The van der Waals surface area contributed by atoms with Gasteiger partial charge in [-0.3, -0.25) is 0 Å². The standard InChI is InChI=1S/C12H25N5/c1-6-13-11(5)12-14-15-16-17(12)10(4)8-7-9(2)3/h9-11,13H,6-8H2,1-5H3. The number of nitrogens with zero attached hydrogens (tertiary/aromatic N) is 4. The van der Waals surface area contributed by atoms with Crippen LogP contribution >= 0.6 is 0 Å². The fraction of sp³-hybridized carbons (Fsp3) is 0.917. The van der Waals surface area contributed by atoms with Gasteiger partial charge >= 0.3 is 0 Å². The van der Waals surface area contributed by atoms with Crippen molar-refractivity contribution in [3.05, 3.63) is 5.82 Å². The van der Waals surface area contributed by atoms with Crippen molar-refractivity contribution < 1.29 is 0 Å². The molecule has 0 radical (unpaired) electrons. The zero-order valence-corrected chi connectivity index (χ0v) is 11.6. The van der Waals surface area contributed by atoms with E-state index in [1.165, 1.54) is 6.42 Å². The van der Waals surface area contributed by atoms with E-state index < -0.39 is 0 Å². The van der Waals surface area contributed by atoms with Crippen LogP contribution in [-0.4, -0.2) is 26.8 Å². The third-order valence-electron chi connectivity index (χ3n) is 3.00. The summed E-state index contributed by atoms with van der Waals surface area (Å²) in [7, 11) is 0. The predicted molar refractivity (Wildman–Crippen MR) is 68.7 cm³/mol. The molecule has 1 heterocycles. The normalized spacial score (nSPS) is 15.2. The van der Waals surface area contributed by atoms with Crippen LogP contribution in [-0.2, 0) is 0 Å². The molecule has 0 aromatic carbocycles. The molecule has 98 valence electrons.